The predicted octanol–water partition coefficient (Wildman–Crippen LogP) is 3.93. The maximum Gasteiger partial charge on any atom is 0.341 e. The Morgan fingerprint density at radius 3 is 2.85 bits per heavy atom. The first-order chi connectivity index (χ1) is 13.0. The fraction of sp³-hybridized carbons (Fsp3) is 0.278. The molecule has 0 bridgehead atoms. The quantitative estimate of drug-likeness (QED) is 0.669. The van der Waals surface area contributed by atoms with Crippen LogP contribution in [0.4, 0.5) is 14.5 Å². The molecule has 2 aromatic heterocycles. The lowest BCUT2D eigenvalue weighted by atomic mass is 10.0. The summed E-state index contributed by atoms with van der Waals surface area (Å²) in [6.07, 6.45) is 0.589. The van der Waals surface area contributed by atoms with Gasteiger partial charge in [-0.15, -0.1) is 11.3 Å². The molecule has 9 heteroatoms. The van der Waals surface area contributed by atoms with E-state index in [1.165, 1.54) is 42.8 Å². The number of thiazole rings is 1. The molecule has 6 nitrogen and oxygen atoms in total. The van der Waals surface area contributed by atoms with Crippen molar-refractivity contribution in [3.8, 4) is 0 Å². The van der Waals surface area contributed by atoms with E-state index >= 15 is 0 Å². The molecule has 1 amide bonds. The topological polar surface area (TPSA) is 71.5 Å². The van der Waals surface area contributed by atoms with Gasteiger partial charge in [-0.1, -0.05) is 17.4 Å². The molecule has 1 aromatic carbocycles. The summed E-state index contributed by atoms with van der Waals surface area (Å²) in [5, 5.41) is 4.27. The van der Waals surface area contributed by atoms with Crippen LogP contribution in [-0.2, 0) is 22.5 Å². The molecule has 1 N–H and O–H groups in total. The minimum atomic E-state index is -0.432. The van der Waals surface area contributed by atoms with E-state index in [0.717, 1.165) is 15.1 Å². The second-order valence-corrected chi connectivity index (χ2v) is 8.26. The SMILES string of the molecule is COC(=O)c1c(Nc2nc3c(F)cccc3s2)sc2c1CCN(C(C)=O)C2. The van der Waals surface area contributed by atoms with Crippen LogP contribution in [0, 0.1) is 5.82 Å². The Hall–Kier alpha value is -2.52. The Kier molecular flexibility index (Phi) is 4.56. The molecule has 0 fully saturated rings. The number of carbonyl (C=O) groups is 2. The maximum absolute atomic E-state index is 13.9. The number of hydrogen-bond donors (Lipinski definition) is 1. The average molecular weight is 405 g/mol. The van der Waals surface area contributed by atoms with Crippen molar-refractivity contribution in [2.24, 2.45) is 0 Å². The van der Waals surface area contributed by atoms with E-state index in [-0.39, 0.29) is 11.7 Å². The molecular formula is C18H16FN3O3S2. The highest BCUT2D eigenvalue weighted by molar-refractivity contribution is 7.23. The van der Waals surface area contributed by atoms with Crippen LogP contribution in [0.2, 0.25) is 0 Å². The summed E-state index contributed by atoms with van der Waals surface area (Å²) in [6.45, 7) is 2.57. The molecule has 0 radical (unpaired) electrons. The van der Waals surface area contributed by atoms with Gasteiger partial charge in [0, 0.05) is 18.3 Å². The molecule has 0 aliphatic carbocycles. The second-order valence-electron chi connectivity index (χ2n) is 6.12. The molecule has 3 heterocycles. The monoisotopic (exact) mass is 405 g/mol. The standard InChI is InChI=1S/C18H16FN3O3S2/c1-9(23)22-7-6-10-13(8-22)26-16(14(10)17(24)25-2)21-18-20-15-11(19)4-3-5-12(15)27-18/h3-5H,6-8H2,1-2H3,(H,20,21). The third-order valence-electron chi connectivity index (χ3n) is 4.48. The number of thiophene rings is 1. The number of rotatable bonds is 3. The first kappa shape index (κ1) is 17.9. The zero-order valence-electron chi connectivity index (χ0n) is 14.7. The third-order valence-corrected chi connectivity index (χ3v) is 6.55. The summed E-state index contributed by atoms with van der Waals surface area (Å²) >= 11 is 2.72. The number of para-hydroxylation sites is 1. The highest BCUT2D eigenvalue weighted by Gasteiger charge is 2.29. The van der Waals surface area contributed by atoms with Crippen LogP contribution < -0.4 is 5.32 Å². The van der Waals surface area contributed by atoms with Crippen molar-refractivity contribution >= 4 is 54.9 Å². The van der Waals surface area contributed by atoms with Crippen molar-refractivity contribution in [2.45, 2.75) is 19.9 Å². The maximum atomic E-state index is 13.9. The van der Waals surface area contributed by atoms with Gasteiger partial charge >= 0.3 is 5.97 Å². The van der Waals surface area contributed by atoms with Crippen molar-refractivity contribution in [1.29, 1.82) is 0 Å². The Morgan fingerprint density at radius 2 is 2.15 bits per heavy atom. The molecule has 0 saturated carbocycles. The van der Waals surface area contributed by atoms with E-state index in [1.807, 2.05) is 0 Å². The number of carbonyl (C=O) groups excluding carboxylic acids is 2. The van der Waals surface area contributed by atoms with Crippen molar-refractivity contribution in [2.75, 3.05) is 19.0 Å². The number of benzene rings is 1. The molecule has 0 saturated heterocycles. The molecule has 3 aromatic rings. The zero-order chi connectivity index (χ0) is 19.1. The minimum absolute atomic E-state index is 0.00447. The number of fused-ring (bicyclic) bond motifs is 2. The Morgan fingerprint density at radius 1 is 1.33 bits per heavy atom. The van der Waals surface area contributed by atoms with Crippen LogP contribution >= 0.6 is 22.7 Å². The summed E-state index contributed by atoms with van der Waals surface area (Å²) in [5.41, 5.74) is 1.67. The third kappa shape index (κ3) is 3.17. The number of amides is 1. The van der Waals surface area contributed by atoms with Gasteiger partial charge in [0.25, 0.3) is 0 Å². The number of hydrogen-bond acceptors (Lipinski definition) is 7. The van der Waals surface area contributed by atoms with Crippen LogP contribution in [0.5, 0.6) is 0 Å². The van der Waals surface area contributed by atoms with Crippen molar-refractivity contribution in [3.05, 3.63) is 40.0 Å². The van der Waals surface area contributed by atoms with Gasteiger partial charge in [0.15, 0.2) is 5.13 Å². The van der Waals surface area contributed by atoms with Crippen LogP contribution in [0.25, 0.3) is 10.2 Å². The fourth-order valence-electron chi connectivity index (χ4n) is 3.14. The molecule has 1 aliphatic rings. The number of aromatic nitrogens is 1. The molecule has 0 unspecified atom stereocenters. The number of ether oxygens (including phenoxy) is 1. The highest BCUT2D eigenvalue weighted by Crippen LogP contribution is 2.40. The summed E-state index contributed by atoms with van der Waals surface area (Å²) in [4.78, 5) is 31.1. The summed E-state index contributed by atoms with van der Waals surface area (Å²) < 4.78 is 19.6. The van der Waals surface area contributed by atoms with Crippen LogP contribution in [0.3, 0.4) is 0 Å². The predicted molar refractivity (Wildman–Crippen MR) is 103 cm³/mol. The van der Waals surface area contributed by atoms with Gasteiger partial charge in [0.2, 0.25) is 5.91 Å². The summed E-state index contributed by atoms with van der Waals surface area (Å²) in [6, 6.07) is 4.80. The lowest BCUT2D eigenvalue weighted by Crippen LogP contribution is -2.33. The van der Waals surface area contributed by atoms with E-state index in [4.69, 9.17) is 4.74 Å². The fourth-order valence-corrected chi connectivity index (χ4v) is 5.34. The molecule has 1 aliphatic heterocycles. The van der Waals surface area contributed by atoms with Gasteiger partial charge in [-0.2, -0.15) is 0 Å². The van der Waals surface area contributed by atoms with Crippen molar-refractivity contribution < 1.29 is 18.7 Å². The van der Waals surface area contributed by atoms with Gasteiger partial charge in [-0.3, -0.25) is 4.79 Å². The summed E-state index contributed by atoms with van der Waals surface area (Å²) in [5.74, 6) is -0.809. The highest BCUT2D eigenvalue weighted by atomic mass is 32.1. The Bertz CT molecular complexity index is 1060. The van der Waals surface area contributed by atoms with Gasteiger partial charge in [-0.25, -0.2) is 14.2 Å². The Labute approximate surface area is 162 Å². The van der Waals surface area contributed by atoms with E-state index in [2.05, 4.69) is 10.3 Å². The number of anilines is 2. The largest absolute Gasteiger partial charge is 0.465 e. The number of methoxy groups -OCH3 is 1. The van der Waals surface area contributed by atoms with E-state index in [9.17, 15) is 14.0 Å². The second kappa shape index (κ2) is 6.90. The first-order valence-electron chi connectivity index (χ1n) is 8.28. The zero-order valence-corrected chi connectivity index (χ0v) is 16.3. The van der Waals surface area contributed by atoms with Gasteiger partial charge in [0.1, 0.15) is 16.3 Å². The van der Waals surface area contributed by atoms with Crippen molar-refractivity contribution in [1.82, 2.24) is 9.88 Å². The van der Waals surface area contributed by atoms with Crippen LogP contribution in [0.1, 0.15) is 27.7 Å². The normalized spacial score (nSPS) is 13.5. The van der Waals surface area contributed by atoms with E-state index in [0.29, 0.717) is 40.7 Å². The van der Waals surface area contributed by atoms with Gasteiger partial charge in [-0.05, 0) is 24.1 Å². The number of nitrogens with one attached hydrogen (secondary N) is 1. The molecule has 27 heavy (non-hydrogen) atoms. The molecule has 0 spiro atoms. The van der Waals surface area contributed by atoms with E-state index < -0.39 is 5.97 Å². The molecule has 0 atom stereocenters. The Balaban J connectivity index is 1.74. The molecule has 140 valence electrons. The lowest BCUT2D eigenvalue weighted by molar-refractivity contribution is -0.129. The smallest absolute Gasteiger partial charge is 0.341 e. The first-order valence-corrected chi connectivity index (χ1v) is 9.91. The number of halogens is 1. The molecular weight excluding hydrogens is 389 g/mol. The van der Waals surface area contributed by atoms with Gasteiger partial charge in [0.05, 0.1) is 23.9 Å². The van der Waals surface area contributed by atoms with E-state index in [1.54, 1.807) is 17.0 Å². The van der Waals surface area contributed by atoms with Crippen LogP contribution in [0.15, 0.2) is 18.2 Å². The summed E-state index contributed by atoms with van der Waals surface area (Å²) in [7, 11) is 1.34. The average Bonchev–Trinajstić information content (AvgIpc) is 3.22. The van der Waals surface area contributed by atoms with Crippen molar-refractivity contribution in [3.63, 3.8) is 0 Å². The van der Waals surface area contributed by atoms with Crippen LogP contribution in [-0.4, -0.2) is 35.4 Å². The number of nitrogens with zero attached hydrogens (tertiary/aromatic N) is 2. The molecule has 4 rings (SSSR count). The van der Waals surface area contributed by atoms with Gasteiger partial charge < -0.3 is 15.0 Å². The number of esters is 1. The minimum Gasteiger partial charge on any atom is -0.465 e. The lowest BCUT2D eigenvalue weighted by Gasteiger charge is -2.25.